The summed E-state index contributed by atoms with van der Waals surface area (Å²) in [4.78, 5) is 37.7. The van der Waals surface area contributed by atoms with Gasteiger partial charge < -0.3 is 20.2 Å². The quantitative estimate of drug-likeness (QED) is 0.641. The second-order valence-corrected chi connectivity index (χ2v) is 7.72. The average molecular weight is 398 g/mol. The van der Waals surface area contributed by atoms with E-state index < -0.39 is 23.9 Å². The van der Waals surface area contributed by atoms with Gasteiger partial charge in [0.25, 0.3) is 11.8 Å². The molecule has 1 aliphatic carbocycles. The Morgan fingerprint density at radius 3 is 2.79 bits per heavy atom. The van der Waals surface area contributed by atoms with E-state index in [1.165, 1.54) is 18.3 Å². The van der Waals surface area contributed by atoms with Gasteiger partial charge in [-0.15, -0.1) is 11.3 Å². The minimum Gasteiger partial charge on any atom is -0.449 e. The highest BCUT2D eigenvalue weighted by Crippen LogP contribution is 2.38. The maximum absolute atomic E-state index is 12.5. The van der Waals surface area contributed by atoms with Crippen LogP contribution in [0.15, 0.2) is 34.7 Å². The molecule has 7 nitrogen and oxygen atoms in total. The molecule has 4 rings (SSSR count). The van der Waals surface area contributed by atoms with Crippen LogP contribution < -0.4 is 11.1 Å². The van der Waals surface area contributed by atoms with E-state index in [0.717, 1.165) is 35.1 Å². The number of benzene rings is 1. The maximum Gasteiger partial charge on any atom is 0.375 e. The summed E-state index contributed by atoms with van der Waals surface area (Å²) in [5.41, 5.74) is 7.34. The van der Waals surface area contributed by atoms with Crippen LogP contribution in [-0.2, 0) is 22.4 Å². The third-order valence-electron chi connectivity index (χ3n) is 4.68. The molecule has 0 spiro atoms. The molecule has 3 N–H and O–H groups in total. The van der Waals surface area contributed by atoms with Crippen molar-refractivity contribution >= 4 is 45.1 Å². The van der Waals surface area contributed by atoms with Crippen LogP contribution in [-0.4, -0.2) is 23.9 Å². The summed E-state index contributed by atoms with van der Waals surface area (Å²) in [6, 6.07) is 8.75. The Labute approximate surface area is 164 Å². The minimum atomic E-state index is -1.07. The first kappa shape index (κ1) is 18.2. The third kappa shape index (κ3) is 3.27. The number of nitrogens with two attached hydrogens (primary N) is 1. The smallest absolute Gasteiger partial charge is 0.375 e. The van der Waals surface area contributed by atoms with Gasteiger partial charge in [0, 0.05) is 10.3 Å². The molecule has 0 saturated carbocycles. The fourth-order valence-corrected chi connectivity index (χ4v) is 4.62. The number of carbonyl (C=O) groups is 3. The number of esters is 1. The zero-order valence-electron chi connectivity index (χ0n) is 15.1. The number of furan rings is 1. The number of primary amides is 1. The number of para-hydroxylation sites is 1. The van der Waals surface area contributed by atoms with Crippen molar-refractivity contribution in [1.82, 2.24) is 0 Å². The molecular weight excluding hydrogens is 380 g/mol. The molecule has 0 bridgehead atoms. The highest BCUT2D eigenvalue weighted by molar-refractivity contribution is 7.17. The van der Waals surface area contributed by atoms with Crippen molar-refractivity contribution in [2.45, 2.75) is 32.3 Å². The Bertz CT molecular complexity index is 1060. The first-order valence-electron chi connectivity index (χ1n) is 8.89. The van der Waals surface area contributed by atoms with E-state index in [1.54, 1.807) is 18.2 Å². The van der Waals surface area contributed by atoms with Crippen LogP contribution in [0.2, 0.25) is 0 Å². The Hall–Kier alpha value is -3.13. The van der Waals surface area contributed by atoms with Crippen molar-refractivity contribution in [3.05, 3.63) is 52.1 Å². The molecular formula is C20H18N2O5S. The molecule has 0 fully saturated rings. The third-order valence-corrected chi connectivity index (χ3v) is 5.89. The highest BCUT2D eigenvalue weighted by Gasteiger charge is 2.28. The normalized spacial score (nSPS) is 13.9. The number of rotatable bonds is 5. The minimum absolute atomic E-state index is 0.0220. The number of amides is 2. The fourth-order valence-electron chi connectivity index (χ4n) is 3.32. The number of thiophene rings is 1. The molecule has 28 heavy (non-hydrogen) atoms. The predicted molar refractivity (Wildman–Crippen MR) is 105 cm³/mol. The van der Waals surface area contributed by atoms with Gasteiger partial charge in [0.15, 0.2) is 6.10 Å². The van der Waals surface area contributed by atoms with Crippen molar-refractivity contribution in [3.8, 4) is 0 Å². The van der Waals surface area contributed by atoms with Crippen molar-refractivity contribution in [3.63, 3.8) is 0 Å². The molecule has 2 amide bonds. The first-order chi connectivity index (χ1) is 13.4. The van der Waals surface area contributed by atoms with E-state index in [4.69, 9.17) is 14.9 Å². The molecule has 0 radical (unpaired) electrons. The highest BCUT2D eigenvalue weighted by atomic mass is 32.1. The Morgan fingerprint density at radius 2 is 2.04 bits per heavy atom. The van der Waals surface area contributed by atoms with E-state index in [-0.39, 0.29) is 5.76 Å². The standard InChI is InChI=1S/C20H18N2O5S/c1-10(26-20(25)14-9-11-5-2-3-7-13(11)27-14)18(24)22-19-16(17(21)23)12-6-4-8-15(12)28-19/h2-3,5,7,9-10H,4,6,8H2,1H3,(H2,21,23)(H,22,24)/t10-/m1/s1. The molecule has 3 aromatic rings. The van der Waals surface area contributed by atoms with Gasteiger partial charge in [0.1, 0.15) is 10.6 Å². The van der Waals surface area contributed by atoms with E-state index in [0.29, 0.717) is 16.1 Å². The number of ether oxygens (including phenoxy) is 1. The fraction of sp³-hybridized carbons (Fsp3) is 0.250. The predicted octanol–water partition coefficient (Wildman–Crippen LogP) is 3.27. The summed E-state index contributed by atoms with van der Waals surface area (Å²) in [6.07, 6.45) is 1.54. The number of carbonyl (C=O) groups excluding carboxylic acids is 3. The Balaban J connectivity index is 1.47. The Kier molecular flexibility index (Phi) is 4.64. The monoisotopic (exact) mass is 398 g/mol. The SMILES string of the molecule is C[C@@H](OC(=O)c1cc2ccccc2o1)C(=O)Nc1sc2c(c1C(N)=O)CCC2. The number of fused-ring (bicyclic) bond motifs is 2. The number of anilines is 1. The lowest BCUT2D eigenvalue weighted by atomic mass is 10.1. The van der Waals surface area contributed by atoms with Gasteiger partial charge in [-0.05, 0) is 43.9 Å². The number of aryl methyl sites for hydroxylation is 1. The number of hydrogen-bond donors (Lipinski definition) is 2. The second-order valence-electron chi connectivity index (χ2n) is 6.61. The van der Waals surface area contributed by atoms with Gasteiger partial charge in [-0.2, -0.15) is 0 Å². The van der Waals surface area contributed by atoms with Crippen LogP contribution in [0.1, 0.15) is 44.7 Å². The van der Waals surface area contributed by atoms with Gasteiger partial charge in [-0.1, -0.05) is 18.2 Å². The van der Waals surface area contributed by atoms with Crippen molar-refractivity contribution in [2.24, 2.45) is 5.73 Å². The zero-order chi connectivity index (χ0) is 19.8. The van der Waals surface area contributed by atoms with Crippen LogP contribution in [0.3, 0.4) is 0 Å². The van der Waals surface area contributed by atoms with Gasteiger partial charge in [-0.3, -0.25) is 9.59 Å². The maximum atomic E-state index is 12.5. The summed E-state index contributed by atoms with van der Waals surface area (Å²) in [5.74, 6) is -1.81. The van der Waals surface area contributed by atoms with Crippen LogP contribution >= 0.6 is 11.3 Å². The molecule has 1 aromatic carbocycles. The van der Waals surface area contributed by atoms with Crippen LogP contribution in [0, 0.1) is 0 Å². The summed E-state index contributed by atoms with van der Waals surface area (Å²) in [7, 11) is 0. The summed E-state index contributed by atoms with van der Waals surface area (Å²) < 4.78 is 10.7. The molecule has 0 aliphatic heterocycles. The van der Waals surface area contributed by atoms with Crippen molar-refractivity contribution in [1.29, 1.82) is 0 Å². The Morgan fingerprint density at radius 1 is 1.25 bits per heavy atom. The largest absolute Gasteiger partial charge is 0.449 e. The lowest BCUT2D eigenvalue weighted by Gasteiger charge is -2.12. The zero-order valence-corrected chi connectivity index (χ0v) is 15.9. The van der Waals surface area contributed by atoms with Crippen LogP contribution in [0.5, 0.6) is 0 Å². The molecule has 1 aliphatic rings. The number of nitrogens with one attached hydrogen (secondary N) is 1. The van der Waals surface area contributed by atoms with Crippen molar-refractivity contribution < 1.29 is 23.5 Å². The van der Waals surface area contributed by atoms with Crippen LogP contribution in [0.25, 0.3) is 11.0 Å². The molecule has 1 atom stereocenters. The lowest BCUT2D eigenvalue weighted by Crippen LogP contribution is -2.30. The van der Waals surface area contributed by atoms with E-state index >= 15 is 0 Å². The van der Waals surface area contributed by atoms with Crippen molar-refractivity contribution in [2.75, 3.05) is 5.32 Å². The summed E-state index contributed by atoms with van der Waals surface area (Å²) >= 11 is 1.35. The van der Waals surface area contributed by atoms with Gasteiger partial charge in [0.05, 0.1) is 5.56 Å². The molecule has 2 heterocycles. The molecule has 0 saturated heterocycles. The molecule has 0 unspecified atom stereocenters. The topological polar surface area (TPSA) is 112 Å². The lowest BCUT2D eigenvalue weighted by molar-refractivity contribution is -0.123. The first-order valence-corrected chi connectivity index (χ1v) is 9.70. The summed E-state index contributed by atoms with van der Waals surface area (Å²) in [5, 5.41) is 3.86. The van der Waals surface area contributed by atoms with Crippen LogP contribution in [0.4, 0.5) is 5.00 Å². The van der Waals surface area contributed by atoms with E-state index in [2.05, 4.69) is 5.32 Å². The molecule has 8 heteroatoms. The molecule has 144 valence electrons. The summed E-state index contributed by atoms with van der Waals surface area (Å²) in [6.45, 7) is 1.46. The van der Waals surface area contributed by atoms with Gasteiger partial charge in [0.2, 0.25) is 5.76 Å². The van der Waals surface area contributed by atoms with E-state index in [1.807, 2.05) is 12.1 Å². The second kappa shape index (κ2) is 7.12. The number of hydrogen-bond acceptors (Lipinski definition) is 6. The van der Waals surface area contributed by atoms with Gasteiger partial charge >= 0.3 is 5.97 Å². The average Bonchev–Trinajstić information content (AvgIpc) is 3.34. The van der Waals surface area contributed by atoms with E-state index in [9.17, 15) is 14.4 Å². The molecule has 2 aromatic heterocycles. The van der Waals surface area contributed by atoms with Gasteiger partial charge in [-0.25, -0.2) is 4.79 Å².